The number of rotatable bonds is 35. The minimum atomic E-state index is -4.66. The van der Waals surface area contributed by atoms with E-state index in [4.69, 9.17) is 27.7 Å². The first-order chi connectivity index (χ1) is 27.7. The summed E-state index contributed by atoms with van der Waals surface area (Å²) in [6.45, 7) is 8.27. The molecule has 0 N–H and O–H groups in total. The van der Waals surface area contributed by atoms with E-state index in [0.29, 0.717) is 36.1 Å². The number of esters is 2. The summed E-state index contributed by atoms with van der Waals surface area (Å²) < 4.78 is 45.7. The topological polar surface area (TPSA) is 137 Å². The highest BCUT2D eigenvalue weighted by Gasteiger charge is 2.36. The van der Waals surface area contributed by atoms with Crippen molar-refractivity contribution in [2.45, 2.75) is 174 Å². The van der Waals surface area contributed by atoms with E-state index >= 15 is 0 Å². The largest absolute Gasteiger partial charge is 0.756 e. The molecule has 2 rings (SSSR count). The quantitative estimate of drug-likeness (QED) is 0.0162. The fourth-order valence-corrected chi connectivity index (χ4v) is 7.16. The number of phosphoric acid groups is 1. The Morgan fingerprint density at radius 1 is 0.741 bits per heavy atom. The molecule has 1 saturated heterocycles. The molecule has 0 saturated carbocycles. The predicted molar refractivity (Wildman–Crippen MR) is 229 cm³/mol. The molecule has 1 aromatic heterocycles. The average Bonchev–Trinajstić information content (AvgIpc) is 3.86. The van der Waals surface area contributed by atoms with E-state index in [1.165, 1.54) is 36.8 Å². The smallest absolute Gasteiger partial charge is 0.306 e. The van der Waals surface area contributed by atoms with Crippen LogP contribution < -0.4 is 4.89 Å². The van der Waals surface area contributed by atoms with Gasteiger partial charge in [-0.1, -0.05) is 95.2 Å². The second kappa shape index (κ2) is 29.7. The fraction of sp³-hybridized carbons (Fsp3) is 0.739. The molecule has 3 unspecified atom stereocenters. The van der Waals surface area contributed by atoms with Gasteiger partial charge in [-0.15, -0.1) is 0 Å². The van der Waals surface area contributed by atoms with Crippen molar-refractivity contribution in [1.29, 1.82) is 0 Å². The summed E-state index contributed by atoms with van der Waals surface area (Å²) in [7, 11) is 1.10. The first-order valence-electron chi connectivity index (χ1n) is 22.2. The van der Waals surface area contributed by atoms with Crippen molar-refractivity contribution in [3.8, 4) is 0 Å². The van der Waals surface area contributed by atoms with Crippen LogP contribution in [0.1, 0.15) is 152 Å². The minimum absolute atomic E-state index is 0.0515. The molecule has 12 heteroatoms. The highest BCUT2D eigenvalue weighted by Crippen LogP contribution is 2.38. The van der Waals surface area contributed by atoms with Gasteiger partial charge >= 0.3 is 11.9 Å². The Balaban J connectivity index is 1.66. The molecule has 0 aliphatic carbocycles. The van der Waals surface area contributed by atoms with Gasteiger partial charge in [-0.2, -0.15) is 0 Å². The molecule has 0 amide bonds. The Labute approximate surface area is 351 Å². The standard InChI is InChI=1S/C46H78NO10P/c1-8-10-23-30-43-44(57-43)31-25-20-15-13-11-12-14-16-21-26-32-45(48)52-36-40(37-54-58(50,51)53-35-34-47(5,6)7)55-46(49)33-27-22-18-17-19-24-29-42-39(4)38(3)41(56-42)28-9-2/h11,13-14,16,20,25,40,43-44H,8-10,12,15,17-19,21-24,26-37H2,1-7H3/b13-11-,16-14-,25-20-/t40-,43?,44?/m1/s1. The third-order valence-corrected chi connectivity index (χ3v) is 11.2. The SMILES string of the molecule is CCCCCC1OC1C/C=C\C/C=C\C/C=C\CCCC(=O)OC[C@H](COP(=O)([O-])OCC[N+](C)(C)C)OC(=O)CCCCCCCCc1oc(CCC)c(C)c1C. The highest BCUT2D eigenvalue weighted by atomic mass is 31.2. The second-order valence-electron chi connectivity index (χ2n) is 16.7. The van der Waals surface area contributed by atoms with Crippen LogP contribution in [0.25, 0.3) is 0 Å². The average molecular weight is 836 g/mol. The van der Waals surface area contributed by atoms with Crippen LogP contribution in [0, 0.1) is 13.8 Å². The van der Waals surface area contributed by atoms with Crippen molar-refractivity contribution in [3.05, 3.63) is 59.1 Å². The highest BCUT2D eigenvalue weighted by molar-refractivity contribution is 7.45. The number of carbonyl (C=O) groups excluding carboxylic acids is 2. The van der Waals surface area contributed by atoms with Crippen LogP contribution in [0.2, 0.25) is 0 Å². The Morgan fingerprint density at radius 3 is 2.07 bits per heavy atom. The van der Waals surface area contributed by atoms with E-state index in [9.17, 15) is 19.0 Å². The van der Waals surface area contributed by atoms with Crippen molar-refractivity contribution < 1.29 is 51.2 Å². The van der Waals surface area contributed by atoms with Gasteiger partial charge in [0.1, 0.15) is 31.3 Å². The number of epoxide rings is 1. The van der Waals surface area contributed by atoms with Crippen LogP contribution >= 0.6 is 7.82 Å². The summed E-state index contributed by atoms with van der Waals surface area (Å²) in [6, 6.07) is 0. The van der Waals surface area contributed by atoms with Crippen LogP contribution in [-0.4, -0.2) is 82.2 Å². The lowest BCUT2D eigenvalue weighted by atomic mass is 10.0. The van der Waals surface area contributed by atoms with Crippen molar-refractivity contribution in [1.82, 2.24) is 0 Å². The summed E-state index contributed by atoms with van der Waals surface area (Å²) in [4.78, 5) is 37.6. The molecule has 1 aliphatic rings. The van der Waals surface area contributed by atoms with Gasteiger partial charge < -0.3 is 37.1 Å². The van der Waals surface area contributed by atoms with Gasteiger partial charge in [0.25, 0.3) is 7.82 Å². The number of quaternary nitrogens is 1. The third kappa shape index (κ3) is 25.2. The van der Waals surface area contributed by atoms with Crippen LogP contribution in [0.4, 0.5) is 0 Å². The van der Waals surface area contributed by atoms with E-state index in [0.717, 1.165) is 88.6 Å². The molecular weight excluding hydrogens is 757 g/mol. The maximum Gasteiger partial charge on any atom is 0.306 e. The zero-order chi connectivity index (χ0) is 42.7. The number of hydrogen-bond donors (Lipinski definition) is 0. The number of hydrogen-bond acceptors (Lipinski definition) is 10. The van der Waals surface area contributed by atoms with Gasteiger partial charge in [0, 0.05) is 25.7 Å². The molecule has 0 aromatic carbocycles. The molecule has 332 valence electrons. The molecule has 1 aromatic rings. The number of phosphoric ester groups is 1. The van der Waals surface area contributed by atoms with Gasteiger partial charge in [0.05, 0.1) is 40.0 Å². The Hall–Kier alpha value is -2.53. The van der Waals surface area contributed by atoms with Crippen LogP contribution in [-0.2, 0) is 50.3 Å². The zero-order valence-electron chi connectivity index (χ0n) is 37.1. The molecule has 11 nitrogen and oxygen atoms in total. The fourth-order valence-electron chi connectivity index (χ4n) is 6.43. The van der Waals surface area contributed by atoms with Gasteiger partial charge in [0.2, 0.25) is 0 Å². The maximum atomic E-state index is 12.7. The summed E-state index contributed by atoms with van der Waals surface area (Å²) in [5, 5.41) is 0. The van der Waals surface area contributed by atoms with Crippen molar-refractivity contribution >= 4 is 19.8 Å². The third-order valence-electron chi connectivity index (χ3n) is 10.3. The molecular formula is C46H78NO10P. The summed E-state index contributed by atoms with van der Waals surface area (Å²) >= 11 is 0. The second-order valence-corrected chi connectivity index (χ2v) is 18.1. The van der Waals surface area contributed by atoms with E-state index in [1.807, 2.05) is 27.2 Å². The normalized spacial score (nSPS) is 17.4. The van der Waals surface area contributed by atoms with Gasteiger partial charge in [-0.3, -0.25) is 14.2 Å². The molecule has 0 radical (unpaired) electrons. The molecule has 1 aliphatic heterocycles. The molecule has 0 bridgehead atoms. The summed E-state index contributed by atoms with van der Waals surface area (Å²) in [6.07, 6.45) is 30.7. The van der Waals surface area contributed by atoms with E-state index in [-0.39, 0.29) is 26.1 Å². The summed E-state index contributed by atoms with van der Waals surface area (Å²) in [5.41, 5.74) is 2.56. The molecule has 0 spiro atoms. The number of carbonyl (C=O) groups is 2. The van der Waals surface area contributed by atoms with E-state index in [2.05, 4.69) is 58.1 Å². The molecule has 4 atom stereocenters. The molecule has 58 heavy (non-hydrogen) atoms. The number of likely N-dealkylation sites (N-methyl/N-ethyl adjacent to an activating group) is 1. The van der Waals surface area contributed by atoms with Gasteiger partial charge in [-0.05, 0) is 82.8 Å². The molecule has 2 heterocycles. The van der Waals surface area contributed by atoms with Crippen LogP contribution in [0.5, 0.6) is 0 Å². The number of ether oxygens (including phenoxy) is 3. The Kier molecular flexibility index (Phi) is 26.4. The maximum absolute atomic E-state index is 12.7. The zero-order valence-corrected chi connectivity index (χ0v) is 38.0. The number of unbranched alkanes of at least 4 members (excludes halogenated alkanes) is 8. The number of nitrogens with zero attached hydrogens (tertiary/aromatic N) is 1. The minimum Gasteiger partial charge on any atom is -0.756 e. The Bertz CT molecular complexity index is 1430. The number of furan rings is 1. The first-order valence-corrected chi connectivity index (χ1v) is 23.6. The van der Waals surface area contributed by atoms with E-state index < -0.39 is 32.5 Å². The number of aryl methyl sites for hydroxylation is 2. The van der Waals surface area contributed by atoms with Gasteiger partial charge in [0.15, 0.2) is 6.10 Å². The lowest BCUT2D eigenvalue weighted by molar-refractivity contribution is -0.870. The van der Waals surface area contributed by atoms with Crippen molar-refractivity contribution in [3.63, 3.8) is 0 Å². The van der Waals surface area contributed by atoms with Gasteiger partial charge in [-0.25, -0.2) is 0 Å². The first kappa shape index (κ1) is 51.6. The summed E-state index contributed by atoms with van der Waals surface area (Å²) in [5.74, 6) is 1.28. The molecule has 1 fully saturated rings. The van der Waals surface area contributed by atoms with Crippen molar-refractivity contribution in [2.75, 3.05) is 47.5 Å². The van der Waals surface area contributed by atoms with Crippen molar-refractivity contribution in [2.24, 2.45) is 0 Å². The van der Waals surface area contributed by atoms with E-state index in [1.54, 1.807) is 0 Å². The predicted octanol–water partition coefficient (Wildman–Crippen LogP) is 10.1. The lowest BCUT2D eigenvalue weighted by Gasteiger charge is -2.28. The number of allylic oxidation sites excluding steroid dienone is 5. The Morgan fingerprint density at radius 2 is 1.38 bits per heavy atom. The monoisotopic (exact) mass is 836 g/mol. The van der Waals surface area contributed by atoms with Crippen LogP contribution in [0.15, 0.2) is 40.9 Å². The lowest BCUT2D eigenvalue weighted by Crippen LogP contribution is -2.37. The van der Waals surface area contributed by atoms with Crippen LogP contribution in [0.3, 0.4) is 0 Å².